The van der Waals surface area contributed by atoms with E-state index in [-0.39, 0.29) is 29.9 Å². The summed E-state index contributed by atoms with van der Waals surface area (Å²) in [6.45, 7) is 0.510. The molecule has 1 amide bonds. The standard InChI is InChI=1S/C21H23N3O5/c25-18-8-13(11-24-12-15(10-22-24)21(27)28)7-17(18)23-20(26)6-5-16-9-14-3-1-2-4-19(14)29-16/h1-4,9-10,12-13,17-18,25H,5-8,11H2,(H,23,26)(H,27,28)/t13?,17-,18-/m1/s1. The largest absolute Gasteiger partial charge is 0.478 e. The highest BCUT2D eigenvalue weighted by atomic mass is 16.4. The predicted octanol–water partition coefficient (Wildman–Crippen LogP) is 2.22. The van der Waals surface area contributed by atoms with Gasteiger partial charge in [0.05, 0.1) is 23.9 Å². The van der Waals surface area contributed by atoms with Crippen LogP contribution in [0.2, 0.25) is 0 Å². The average molecular weight is 397 g/mol. The number of carboxylic acids is 1. The molecule has 2 heterocycles. The van der Waals surface area contributed by atoms with Gasteiger partial charge in [0.1, 0.15) is 11.3 Å². The molecule has 0 aliphatic heterocycles. The third kappa shape index (κ3) is 4.48. The molecule has 8 nitrogen and oxygen atoms in total. The number of aryl methyl sites for hydroxylation is 1. The summed E-state index contributed by atoms with van der Waals surface area (Å²) in [7, 11) is 0. The number of carboxylic acid groups (broad SMARTS) is 1. The second-order valence-corrected chi connectivity index (χ2v) is 7.59. The Hall–Kier alpha value is -3.13. The van der Waals surface area contributed by atoms with Crippen LogP contribution in [0.4, 0.5) is 0 Å². The first kappa shape index (κ1) is 19.2. The number of hydrogen-bond donors (Lipinski definition) is 3. The minimum absolute atomic E-state index is 0.118. The number of aliphatic hydroxyl groups is 1. The van der Waals surface area contributed by atoms with Crippen LogP contribution in [0.3, 0.4) is 0 Å². The van der Waals surface area contributed by atoms with Crippen LogP contribution in [0, 0.1) is 5.92 Å². The number of hydrogen-bond acceptors (Lipinski definition) is 5. The second kappa shape index (κ2) is 8.08. The van der Waals surface area contributed by atoms with Gasteiger partial charge in [0.25, 0.3) is 0 Å². The lowest BCUT2D eigenvalue weighted by molar-refractivity contribution is -0.122. The van der Waals surface area contributed by atoms with Crippen molar-refractivity contribution in [1.82, 2.24) is 15.1 Å². The zero-order chi connectivity index (χ0) is 20.4. The van der Waals surface area contributed by atoms with E-state index in [1.165, 1.54) is 12.4 Å². The molecule has 1 saturated carbocycles. The smallest absolute Gasteiger partial charge is 0.338 e. The first-order valence-corrected chi connectivity index (χ1v) is 9.68. The Morgan fingerprint density at radius 1 is 1.28 bits per heavy atom. The summed E-state index contributed by atoms with van der Waals surface area (Å²) in [5, 5.41) is 27.3. The molecule has 29 heavy (non-hydrogen) atoms. The van der Waals surface area contributed by atoms with Gasteiger partial charge >= 0.3 is 5.97 Å². The summed E-state index contributed by atoms with van der Waals surface area (Å²) in [6, 6.07) is 9.35. The minimum Gasteiger partial charge on any atom is -0.478 e. The third-order valence-corrected chi connectivity index (χ3v) is 5.37. The van der Waals surface area contributed by atoms with Gasteiger partial charge in [-0.1, -0.05) is 18.2 Å². The molecule has 152 valence electrons. The number of aromatic carboxylic acids is 1. The maximum absolute atomic E-state index is 12.3. The van der Waals surface area contributed by atoms with Crippen LogP contribution in [0.1, 0.15) is 35.4 Å². The van der Waals surface area contributed by atoms with Gasteiger partial charge in [-0.25, -0.2) is 4.79 Å². The Morgan fingerprint density at radius 3 is 2.86 bits per heavy atom. The molecule has 8 heteroatoms. The van der Waals surface area contributed by atoms with Crippen molar-refractivity contribution in [3.63, 3.8) is 0 Å². The normalized spacial score (nSPS) is 21.5. The Bertz CT molecular complexity index is 991. The maximum Gasteiger partial charge on any atom is 0.338 e. The quantitative estimate of drug-likeness (QED) is 0.563. The molecule has 3 N–H and O–H groups in total. The molecule has 3 atom stereocenters. The van der Waals surface area contributed by atoms with E-state index in [0.717, 1.165) is 16.7 Å². The number of benzene rings is 1. The highest BCUT2D eigenvalue weighted by molar-refractivity contribution is 5.86. The molecule has 0 bridgehead atoms. The number of carbonyl (C=O) groups excluding carboxylic acids is 1. The van der Waals surface area contributed by atoms with Crippen molar-refractivity contribution in [2.75, 3.05) is 0 Å². The number of fused-ring (bicyclic) bond motifs is 1. The first-order chi connectivity index (χ1) is 14.0. The van der Waals surface area contributed by atoms with E-state index in [9.17, 15) is 14.7 Å². The Kier molecular flexibility index (Phi) is 5.35. The molecule has 2 aromatic heterocycles. The Morgan fingerprint density at radius 2 is 2.10 bits per heavy atom. The van der Waals surface area contributed by atoms with Gasteiger partial charge in [0, 0.05) is 31.0 Å². The number of furan rings is 1. The predicted molar refractivity (Wildman–Crippen MR) is 104 cm³/mol. The van der Waals surface area contributed by atoms with Gasteiger partial charge in [-0.05, 0) is 30.9 Å². The SMILES string of the molecule is O=C(CCc1cc2ccccc2o1)N[C@@H]1CC(Cn2cc(C(=O)O)cn2)C[C@H]1O. The van der Waals surface area contributed by atoms with Crippen LogP contribution in [0.5, 0.6) is 0 Å². The molecule has 1 unspecified atom stereocenters. The lowest BCUT2D eigenvalue weighted by Crippen LogP contribution is -2.40. The van der Waals surface area contributed by atoms with Crippen LogP contribution >= 0.6 is 0 Å². The van der Waals surface area contributed by atoms with Gasteiger partial charge in [0.15, 0.2) is 0 Å². The summed E-state index contributed by atoms with van der Waals surface area (Å²) in [5.74, 6) is -0.258. The molecule has 1 aliphatic carbocycles. The zero-order valence-electron chi connectivity index (χ0n) is 15.8. The molecule has 0 radical (unpaired) electrons. The number of amides is 1. The topological polar surface area (TPSA) is 118 Å². The van der Waals surface area contributed by atoms with Crippen molar-refractivity contribution < 1.29 is 24.2 Å². The first-order valence-electron chi connectivity index (χ1n) is 9.68. The van der Waals surface area contributed by atoms with Crippen LogP contribution in [0.15, 0.2) is 47.1 Å². The van der Waals surface area contributed by atoms with Crippen molar-refractivity contribution in [2.24, 2.45) is 5.92 Å². The Labute approximate surface area is 167 Å². The van der Waals surface area contributed by atoms with Crippen molar-refractivity contribution >= 4 is 22.8 Å². The average Bonchev–Trinajstić information content (AvgIpc) is 3.39. The fourth-order valence-electron chi connectivity index (χ4n) is 3.94. The summed E-state index contributed by atoms with van der Waals surface area (Å²) < 4.78 is 7.31. The van der Waals surface area contributed by atoms with Crippen molar-refractivity contribution in [1.29, 1.82) is 0 Å². The van der Waals surface area contributed by atoms with E-state index in [1.54, 1.807) is 4.68 Å². The molecular weight excluding hydrogens is 374 g/mol. The molecule has 0 saturated heterocycles. The van der Waals surface area contributed by atoms with E-state index in [2.05, 4.69) is 10.4 Å². The molecule has 1 aromatic carbocycles. The molecular formula is C21H23N3O5. The number of rotatable bonds is 7. The van der Waals surface area contributed by atoms with E-state index in [1.807, 2.05) is 30.3 Å². The van der Waals surface area contributed by atoms with Crippen LogP contribution in [-0.4, -0.2) is 44.0 Å². The molecule has 3 aromatic rings. The van der Waals surface area contributed by atoms with E-state index in [0.29, 0.717) is 25.8 Å². The van der Waals surface area contributed by atoms with Crippen molar-refractivity contribution in [2.45, 2.75) is 44.4 Å². The number of nitrogens with zero attached hydrogens (tertiary/aromatic N) is 2. The van der Waals surface area contributed by atoms with Crippen LogP contribution in [0.25, 0.3) is 11.0 Å². The molecule has 1 fully saturated rings. The highest BCUT2D eigenvalue weighted by Crippen LogP contribution is 2.28. The summed E-state index contributed by atoms with van der Waals surface area (Å²) in [5.41, 5.74) is 0.945. The maximum atomic E-state index is 12.3. The summed E-state index contributed by atoms with van der Waals surface area (Å²) in [4.78, 5) is 23.3. The summed E-state index contributed by atoms with van der Waals surface area (Å²) in [6.07, 6.45) is 4.12. The fourth-order valence-corrected chi connectivity index (χ4v) is 3.94. The number of para-hydroxylation sites is 1. The van der Waals surface area contributed by atoms with E-state index >= 15 is 0 Å². The third-order valence-electron chi connectivity index (χ3n) is 5.37. The highest BCUT2D eigenvalue weighted by Gasteiger charge is 2.34. The number of carbonyl (C=O) groups is 2. The monoisotopic (exact) mass is 397 g/mol. The number of nitrogens with one attached hydrogen (secondary N) is 1. The van der Waals surface area contributed by atoms with E-state index in [4.69, 9.17) is 9.52 Å². The lowest BCUT2D eigenvalue weighted by Gasteiger charge is -2.16. The van der Waals surface area contributed by atoms with Gasteiger partial charge < -0.3 is 19.9 Å². The van der Waals surface area contributed by atoms with Gasteiger partial charge in [-0.3, -0.25) is 9.48 Å². The fraction of sp³-hybridized carbons (Fsp3) is 0.381. The van der Waals surface area contributed by atoms with Gasteiger partial charge in [0.2, 0.25) is 5.91 Å². The second-order valence-electron chi connectivity index (χ2n) is 7.59. The lowest BCUT2D eigenvalue weighted by atomic mass is 10.1. The molecule has 4 rings (SSSR count). The zero-order valence-corrected chi connectivity index (χ0v) is 15.8. The van der Waals surface area contributed by atoms with Crippen LogP contribution in [-0.2, 0) is 17.8 Å². The summed E-state index contributed by atoms with van der Waals surface area (Å²) >= 11 is 0. The van der Waals surface area contributed by atoms with Gasteiger partial charge in [-0.15, -0.1) is 0 Å². The molecule has 1 aliphatic rings. The van der Waals surface area contributed by atoms with Crippen LogP contribution < -0.4 is 5.32 Å². The Balaban J connectivity index is 1.27. The van der Waals surface area contributed by atoms with Crippen molar-refractivity contribution in [3.05, 3.63) is 54.0 Å². The van der Waals surface area contributed by atoms with E-state index < -0.39 is 12.1 Å². The number of aliphatic hydroxyl groups excluding tert-OH is 1. The van der Waals surface area contributed by atoms with Crippen molar-refractivity contribution in [3.8, 4) is 0 Å². The minimum atomic E-state index is -1.02. The molecule has 0 spiro atoms. The number of aromatic nitrogens is 2. The van der Waals surface area contributed by atoms with Gasteiger partial charge in [-0.2, -0.15) is 5.10 Å².